The van der Waals surface area contributed by atoms with Crippen LogP contribution < -0.4 is 15.4 Å². The maximum absolute atomic E-state index is 12.6. The highest BCUT2D eigenvalue weighted by Gasteiger charge is 2.30. The molecule has 1 aliphatic rings. The van der Waals surface area contributed by atoms with Gasteiger partial charge in [0.25, 0.3) is 0 Å². The second kappa shape index (κ2) is 14.1. The van der Waals surface area contributed by atoms with Crippen LogP contribution in [0.5, 0.6) is 5.75 Å². The zero-order valence-corrected chi connectivity index (χ0v) is 20.5. The Labute approximate surface area is 211 Å². The van der Waals surface area contributed by atoms with Crippen molar-refractivity contribution < 1.29 is 29.0 Å². The number of ether oxygens (including phenoxy) is 2. The summed E-state index contributed by atoms with van der Waals surface area (Å²) in [4.78, 5) is 40.4. The third kappa shape index (κ3) is 8.54. The summed E-state index contributed by atoms with van der Waals surface area (Å²) in [5, 5.41) is 15.3. The van der Waals surface area contributed by atoms with Crippen LogP contribution in [0.3, 0.4) is 0 Å². The lowest BCUT2D eigenvalue weighted by molar-refractivity contribution is -0.135. The van der Waals surface area contributed by atoms with E-state index in [2.05, 4.69) is 10.6 Å². The number of benzene rings is 2. The van der Waals surface area contributed by atoms with Gasteiger partial charge >= 0.3 is 6.09 Å². The van der Waals surface area contributed by atoms with Gasteiger partial charge in [0, 0.05) is 39.1 Å². The largest absolute Gasteiger partial charge is 0.497 e. The Morgan fingerprint density at radius 2 is 1.75 bits per heavy atom. The summed E-state index contributed by atoms with van der Waals surface area (Å²) in [6.07, 6.45) is -0.452. The lowest BCUT2D eigenvalue weighted by atomic mass is 10.1. The lowest BCUT2D eigenvalue weighted by Gasteiger charge is -2.40. The van der Waals surface area contributed by atoms with Crippen molar-refractivity contribution in [1.82, 2.24) is 20.4 Å². The maximum Gasteiger partial charge on any atom is 0.407 e. The van der Waals surface area contributed by atoms with E-state index in [4.69, 9.17) is 9.47 Å². The molecule has 1 fully saturated rings. The number of methoxy groups -OCH3 is 1. The zero-order chi connectivity index (χ0) is 25.8. The fraction of sp³-hybridized carbons (Fsp3) is 0.423. The van der Waals surface area contributed by atoms with E-state index in [9.17, 15) is 19.5 Å². The number of rotatable bonds is 11. The molecule has 2 aromatic rings. The van der Waals surface area contributed by atoms with E-state index in [1.165, 1.54) is 0 Å². The van der Waals surface area contributed by atoms with Crippen LogP contribution in [-0.4, -0.2) is 85.3 Å². The quantitative estimate of drug-likeness (QED) is 0.425. The standard InChI is InChI=1S/C26H34N4O6/c1-35-23-9-7-20(8-10-23)15-28-24(32)17-29-13-14-30(16-22(29)18-31)25(33)11-12-27-26(34)36-19-21-5-3-2-4-6-21/h2-10,22,31H,11-19H2,1H3,(H,27,34)(H,28,32). The van der Waals surface area contributed by atoms with E-state index >= 15 is 0 Å². The van der Waals surface area contributed by atoms with Gasteiger partial charge in [0.15, 0.2) is 0 Å². The van der Waals surface area contributed by atoms with Crippen LogP contribution in [0.25, 0.3) is 0 Å². The summed E-state index contributed by atoms with van der Waals surface area (Å²) in [6, 6.07) is 16.4. The topological polar surface area (TPSA) is 120 Å². The number of aliphatic hydroxyl groups is 1. The highest BCUT2D eigenvalue weighted by molar-refractivity contribution is 5.79. The van der Waals surface area contributed by atoms with Crippen LogP contribution in [0.1, 0.15) is 17.5 Å². The molecule has 36 heavy (non-hydrogen) atoms. The number of nitrogens with zero attached hydrogens (tertiary/aromatic N) is 2. The molecule has 1 unspecified atom stereocenters. The zero-order valence-electron chi connectivity index (χ0n) is 20.5. The van der Waals surface area contributed by atoms with Crippen LogP contribution in [0.4, 0.5) is 4.79 Å². The molecule has 2 aromatic carbocycles. The molecule has 10 nitrogen and oxygen atoms in total. The predicted molar refractivity (Wildman–Crippen MR) is 133 cm³/mol. The van der Waals surface area contributed by atoms with Gasteiger partial charge in [0.2, 0.25) is 11.8 Å². The Morgan fingerprint density at radius 3 is 2.44 bits per heavy atom. The summed E-state index contributed by atoms with van der Waals surface area (Å²) in [5.74, 6) is 0.477. The van der Waals surface area contributed by atoms with Gasteiger partial charge < -0.3 is 30.1 Å². The minimum Gasteiger partial charge on any atom is -0.497 e. The second-order valence-corrected chi connectivity index (χ2v) is 8.51. The average Bonchev–Trinajstić information content (AvgIpc) is 2.91. The fourth-order valence-corrected chi connectivity index (χ4v) is 3.89. The van der Waals surface area contributed by atoms with Gasteiger partial charge in [-0.2, -0.15) is 0 Å². The Kier molecular flexibility index (Phi) is 10.5. The molecular formula is C26H34N4O6. The fourth-order valence-electron chi connectivity index (χ4n) is 3.89. The van der Waals surface area contributed by atoms with Crippen LogP contribution in [0.15, 0.2) is 54.6 Å². The summed E-state index contributed by atoms with van der Waals surface area (Å²) in [6.45, 7) is 1.92. The predicted octanol–water partition coefficient (Wildman–Crippen LogP) is 1.13. The number of aliphatic hydroxyl groups excluding tert-OH is 1. The third-order valence-electron chi connectivity index (χ3n) is 5.98. The molecule has 1 saturated heterocycles. The normalized spacial score (nSPS) is 15.7. The lowest BCUT2D eigenvalue weighted by Crippen LogP contribution is -2.58. The highest BCUT2D eigenvalue weighted by atomic mass is 16.5. The van der Waals surface area contributed by atoms with Gasteiger partial charge in [-0.1, -0.05) is 42.5 Å². The first-order valence-electron chi connectivity index (χ1n) is 12.0. The average molecular weight is 499 g/mol. The van der Waals surface area contributed by atoms with Crippen LogP contribution >= 0.6 is 0 Å². The summed E-state index contributed by atoms with van der Waals surface area (Å²) >= 11 is 0. The van der Waals surface area contributed by atoms with Crippen LogP contribution in [-0.2, 0) is 27.5 Å². The van der Waals surface area contributed by atoms with E-state index < -0.39 is 6.09 Å². The summed E-state index contributed by atoms with van der Waals surface area (Å²) in [7, 11) is 1.60. The molecule has 1 aliphatic heterocycles. The summed E-state index contributed by atoms with van der Waals surface area (Å²) in [5.41, 5.74) is 1.84. The van der Waals surface area contributed by atoms with E-state index in [0.717, 1.165) is 16.9 Å². The van der Waals surface area contributed by atoms with Crippen molar-refractivity contribution >= 4 is 17.9 Å². The Balaban J connectivity index is 1.35. The Bertz CT molecular complexity index is 986. The molecule has 1 atom stereocenters. The monoisotopic (exact) mass is 498 g/mol. The minimum absolute atomic E-state index is 0.125. The number of carbonyl (C=O) groups excluding carboxylic acids is 3. The number of piperazine rings is 1. The smallest absolute Gasteiger partial charge is 0.407 e. The van der Waals surface area contributed by atoms with Crippen LogP contribution in [0, 0.1) is 0 Å². The number of amides is 3. The molecule has 10 heteroatoms. The minimum atomic E-state index is -0.578. The molecule has 0 bridgehead atoms. The van der Waals surface area contributed by atoms with Crippen LogP contribution in [0.2, 0.25) is 0 Å². The molecule has 3 amide bonds. The maximum atomic E-state index is 12.6. The number of nitrogens with one attached hydrogen (secondary N) is 2. The molecular weight excluding hydrogens is 464 g/mol. The molecule has 1 heterocycles. The van der Waals surface area contributed by atoms with Crippen molar-refractivity contribution in [2.45, 2.75) is 25.6 Å². The van der Waals surface area contributed by atoms with Gasteiger partial charge in [-0.3, -0.25) is 14.5 Å². The van der Waals surface area contributed by atoms with Crippen molar-refractivity contribution in [3.8, 4) is 5.75 Å². The van der Waals surface area contributed by atoms with Crippen molar-refractivity contribution in [3.05, 3.63) is 65.7 Å². The van der Waals surface area contributed by atoms with Crippen molar-refractivity contribution in [1.29, 1.82) is 0 Å². The number of hydrogen-bond acceptors (Lipinski definition) is 7. The molecule has 0 aliphatic carbocycles. The highest BCUT2D eigenvalue weighted by Crippen LogP contribution is 2.12. The molecule has 3 N–H and O–H groups in total. The first-order valence-corrected chi connectivity index (χ1v) is 12.0. The van der Waals surface area contributed by atoms with Crippen molar-refractivity contribution in [2.24, 2.45) is 0 Å². The molecule has 3 rings (SSSR count). The first kappa shape index (κ1) is 27.0. The van der Waals surface area contributed by atoms with Gasteiger partial charge in [-0.05, 0) is 23.3 Å². The SMILES string of the molecule is COc1ccc(CNC(=O)CN2CCN(C(=O)CCNC(=O)OCc3ccccc3)CC2CO)cc1. The Morgan fingerprint density at radius 1 is 1.00 bits per heavy atom. The molecule has 0 aromatic heterocycles. The summed E-state index contributed by atoms with van der Waals surface area (Å²) < 4.78 is 10.3. The number of hydrogen-bond donors (Lipinski definition) is 3. The number of alkyl carbamates (subject to hydrolysis) is 1. The van der Waals surface area contributed by atoms with E-state index in [1.807, 2.05) is 59.5 Å². The van der Waals surface area contributed by atoms with E-state index in [-0.39, 0.29) is 50.6 Å². The van der Waals surface area contributed by atoms with E-state index in [1.54, 1.807) is 12.0 Å². The Hall–Kier alpha value is -3.63. The molecule has 0 saturated carbocycles. The van der Waals surface area contributed by atoms with Gasteiger partial charge in [-0.25, -0.2) is 4.79 Å². The first-order chi connectivity index (χ1) is 17.5. The molecule has 0 radical (unpaired) electrons. The second-order valence-electron chi connectivity index (χ2n) is 8.51. The molecule has 0 spiro atoms. The third-order valence-corrected chi connectivity index (χ3v) is 5.98. The van der Waals surface area contributed by atoms with Gasteiger partial charge in [0.1, 0.15) is 12.4 Å². The number of carbonyl (C=O) groups is 3. The van der Waals surface area contributed by atoms with E-state index in [0.29, 0.717) is 26.2 Å². The van der Waals surface area contributed by atoms with Gasteiger partial charge in [0.05, 0.1) is 26.3 Å². The van der Waals surface area contributed by atoms with Crippen molar-refractivity contribution in [2.75, 3.05) is 46.4 Å². The van der Waals surface area contributed by atoms with Crippen molar-refractivity contribution in [3.63, 3.8) is 0 Å². The molecule has 194 valence electrons. The van der Waals surface area contributed by atoms with Gasteiger partial charge in [-0.15, -0.1) is 0 Å².